The highest BCUT2D eigenvalue weighted by atomic mass is 32.2. The van der Waals surface area contributed by atoms with E-state index in [9.17, 15) is 22.7 Å². The van der Waals surface area contributed by atoms with E-state index < -0.39 is 38.9 Å². The van der Waals surface area contributed by atoms with Crippen LogP contribution in [0.2, 0.25) is 0 Å². The maximum Gasteiger partial charge on any atom is 0.322 e. The van der Waals surface area contributed by atoms with Gasteiger partial charge in [-0.2, -0.15) is 4.31 Å². The molecule has 7 nitrogen and oxygen atoms in total. The molecule has 0 unspecified atom stereocenters. The lowest BCUT2D eigenvalue weighted by Gasteiger charge is -2.20. The predicted octanol–water partition coefficient (Wildman–Crippen LogP) is -0.571. The monoisotopic (exact) mass is 290 g/mol. The standard InChI is InChI=1S/C10H11FN2O5S/c11-6-1-8(4-12-3-6)19(17,18)13-5-7(14)2-9(13)10(15)16/h1,3-4,7,9,14H,2,5H2,(H,15,16)/t7-,9-/m0/s1. The van der Waals surface area contributed by atoms with Crippen molar-refractivity contribution in [2.45, 2.75) is 23.5 Å². The number of pyridine rings is 1. The van der Waals surface area contributed by atoms with Gasteiger partial charge in [0.05, 0.1) is 12.3 Å². The van der Waals surface area contributed by atoms with Gasteiger partial charge in [0.1, 0.15) is 16.8 Å². The minimum atomic E-state index is -4.20. The van der Waals surface area contributed by atoms with Crippen LogP contribution in [0.15, 0.2) is 23.4 Å². The topological polar surface area (TPSA) is 108 Å². The van der Waals surface area contributed by atoms with Crippen molar-refractivity contribution in [3.05, 3.63) is 24.3 Å². The third-order valence-corrected chi connectivity index (χ3v) is 4.65. The lowest BCUT2D eigenvalue weighted by molar-refractivity contribution is -0.140. The minimum absolute atomic E-state index is 0.197. The molecule has 0 spiro atoms. The van der Waals surface area contributed by atoms with E-state index in [0.717, 1.165) is 18.5 Å². The van der Waals surface area contributed by atoms with Crippen LogP contribution in [-0.4, -0.2) is 52.6 Å². The van der Waals surface area contributed by atoms with E-state index in [1.54, 1.807) is 0 Å². The van der Waals surface area contributed by atoms with Crippen molar-refractivity contribution in [1.82, 2.24) is 9.29 Å². The summed E-state index contributed by atoms with van der Waals surface area (Å²) in [5.41, 5.74) is 0. The van der Waals surface area contributed by atoms with E-state index in [1.807, 2.05) is 0 Å². The molecule has 9 heteroatoms. The molecule has 0 aliphatic carbocycles. The fourth-order valence-corrected chi connectivity index (χ4v) is 3.55. The summed E-state index contributed by atoms with van der Waals surface area (Å²) in [7, 11) is -4.20. The van der Waals surface area contributed by atoms with Crippen molar-refractivity contribution >= 4 is 16.0 Å². The number of aliphatic hydroxyl groups excluding tert-OH is 1. The summed E-state index contributed by atoms with van der Waals surface area (Å²) in [4.78, 5) is 14.0. The van der Waals surface area contributed by atoms with E-state index in [4.69, 9.17) is 5.11 Å². The zero-order valence-corrected chi connectivity index (χ0v) is 10.4. The largest absolute Gasteiger partial charge is 0.480 e. The molecule has 1 saturated heterocycles. The number of rotatable bonds is 3. The molecule has 19 heavy (non-hydrogen) atoms. The number of β-amino-alcohol motifs (C(OH)–C–C–N with tert-alkyl or cyclic N) is 1. The summed E-state index contributed by atoms with van der Waals surface area (Å²) in [5, 5.41) is 18.4. The number of carboxylic acids is 1. The summed E-state index contributed by atoms with van der Waals surface area (Å²) < 4.78 is 38.0. The van der Waals surface area contributed by atoms with E-state index in [1.165, 1.54) is 0 Å². The van der Waals surface area contributed by atoms with Crippen molar-refractivity contribution in [1.29, 1.82) is 0 Å². The molecule has 0 radical (unpaired) electrons. The van der Waals surface area contributed by atoms with Crippen LogP contribution in [0.4, 0.5) is 4.39 Å². The van der Waals surface area contributed by atoms with Crippen LogP contribution in [-0.2, 0) is 14.8 Å². The zero-order chi connectivity index (χ0) is 14.2. The van der Waals surface area contributed by atoms with Crippen molar-refractivity contribution in [2.75, 3.05) is 6.54 Å². The molecule has 1 aromatic rings. The molecule has 0 saturated carbocycles. The molecule has 0 bridgehead atoms. The molecule has 2 rings (SSSR count). The Morgan fingerprint density at radius 1 is 1.47 bits per heavy atom. The van der Waals surface area contributed by atoms with Gasteiger partial charge in [-0.3, -0.25) is 9.78 Å². The molecule has 2 heterocycles. The van der Waals surface area contributed by atoms with Crippen LogP contribution in [0.5, 0.6) is 0 Å². The highest BCUT2D eigenvalue weighted by Gasteiger charge is 2.43. The first-order chi connectivity index (χ1) is 8.82. The fourth-order valence-electron chi connectivity index (χ4n) is 1.94. The quantitative estimate of drug-likeness (QED) is 0.772. The maximum absolute atomic E-state index is 13.0. The van der Waals surface area contributed by atoms with E-state index in [2.05, 4.69) is 4.98 Å². The van der Waals surface area contributed by atoms with Gasteiger partial charge in [-0.15, -0.1) is 0 Å². The van der Waals surface area contributed by atoms with Gasteiger partial charge in [0.2, 0.25) is 10.0 Å². The van der Waals surface area contributed by atoms with Gasteiger partial charge in [0.15, 0.2) is 0 Å². The number of aliphatic hydroxyl groups is 1. The summed E-state index contributed by atoms with van der Waals surface area (Å²) >= 11 is 0. The molecular weight excluding hydrogens is 279 g/mol. The highest BCUT2D eigenvalue weighted by molar-refractivity contribution is 7.89. The van der Waals surface area contributed by atoms with Crippen molar-refractivity contribution in [3.8, 4) is 0 Å². The Kier molecular flexibility index (Phi) is 3.52. The number of aromatic nitrogens is 1. The first kappa shape index (κ1) is 13.8. The molecule has 0 amide bonds. The number of sulfonamides is 1. The molecule has 1 fully saturated rings. The Labute approximate surface area is 108 Å². The summed E-state index contributed by atoms with van der Waals surface area (Å²) in [6.07, 6.45) is 0.517. The SMILES string of the molecule is O=C(O)[C@@H]1C[C@H](O)CN1S(=O)(=O)c1cncc(F)c1. The van der Waals surface area contributed by atoms with Crippen LogP contribution >= 0.6 is 0 Å². The van der Waals surface area contributed by atoms with Crippen LogP contribution in [0.1, 0.15) is 6.42 Å². The Hall–Kier alpha value is -1.58. The molecular formula is C10H11FN2O5S. The lowest BCUT2D eigenvalue weighted by Crippen LogP contribution is -2.40. The van der Waals surface area contributed by atoms with Gasteiger partial charge in [0, 0.05) is 19.2 Å². The predicted molar refractivity (Wildman–Crippen MR) is 60.1 cm³/mol. The Balaban J connectivity index is 2.41. The molecule has 1 aromatic heterocycles. The lowest BCUT2D eigenvalue weighted by atomic mass is 10.2. The normalized spacial score (nSPS) is 24.5. The second-order valence-electron chi connectivity index (χ2n) is 4.16. The van der Waals surface area contributed by atoms with Crippen LogP contribution < -0.4 is 0 Å². The number of hydrogen-bond acceptors (Lipinski definition) is 5. The average Bonchev–Trinajstić information content (AvgIpc) is 2.72. The Morgan fingerprint density at radius 3 is 2.74 bits per heavy atom. The molecule has 1 aliphatic heterocycles. The highest BCUT2D eigenvalue weighted by Crippen LogP contribution is 2.26. The van der Waals surface area contributed by atoms with Gasteiger partial charge >= 0.3 is 5.97 Å². The first-order valence-corrected chi connectivity index (χ1v) is 6.79. The Morgan fingerprint density at radius 2 is 2.16 bits per heavy atom. The smallest absolute Gasteiger partial charge is 0.322 e. The van der Waals surface area contributed by atoms with E-state index >= 15 is 0 Å². The number of carboxylic acid groups (broad SMARTS) is 1. The first-order valence-electron chi connectivity index (χ1n) is 5.35. The summed E-state index contributed by atoms with van der Waals surface area (Å²) in [6, 6.07) is -0.602. The van der Waals surface area contributed by atoms with Crippen molar-refractivity contribution in [3.63, 3.8) is 0 Å². The third kappa shape index (κ3) is 2.57. The molecule has 0 aromatic carbocycles. The molecule has 104 valence electrons. The second-order valence-corrected chi connectivity index (χ2v) is 6.05. The van der Waals surface area contributed by atoms with E-state index in [0.29, 0.717) is 4.31 Å². The third-order valence-electron chi connectivity index (χ3n) is 2.81. The average molecular weight is 290 g/mol. The number of nitrogens with zero attached hydrogens (tertiary/aromatic N) is 2. The second kappa shape index (κ2) is 4.83. The van der Waals surface area contributed by atoms with Gasteiger partial charge in [-0.05, 0) is 6.07 Å². The van der Waals surface area contributed by atoms with Crippen LogP contribution in [0.25, 0.3) is 0 Å². The fraction of sp³-hybridized carbons (Fsp3) is 0.400. The molecule has 2 atom stereocenters. The van der Waals surface area contributed by atoms with Gasteiger partial charge in [0.25, 0.3) is 0 Å². The number of halogens is 1. The number of hydrogen-bond donors (Lipinski definition) is 2. The molecule has 1 aliphatic rings. The van der Waals surface area contributed by atoms with Crippen LogP contribution in [0, 0.1) is 5.82 Å². The Bertz CT molecular complexity index is 606. The number of aliphatic carboxylic acids is 1. The maximum atomic E-state index is 13.0. The van der Waals surface area contributed by atoms with Crippen LogP contribution in [0.3, 0.4) is 0 Å². The minimum Gasteiger partial charge on any atom is -0.480 e. The van der Waals surface area contributed by atoms with Gasteiger partial charge in [-0.1, -0.05) is 0 Å². The zero-order valence-electron chi connectivity index (χ0n) is 9.60. The number of carbonyl (C=O) groups is 1. The molecule has 2 N–H and O–H groups in total. The summed E-state index contributed by atoms with van der Waals surface area (Å²) in [5.74, 6) is -2.20. The van der Waals surface area contributed by atoms with E-state index in [-0.39, 0.29) is 13.0 Å². The van der Waals surface area contributed by atoms with Gasteiger partial charge in [-0.25, -0.2) is 12.8 Å². The summed E-state index contributed by atoms with van der Waals surface area (Å²) in [6.45, 7) is -0.337. The van der Waals surface area contributed by atoms with Gasteiger partial charge < -0.3 is 10.2 Å². The van der Waals surface area contributed by atoms with Crippen molar-refractivity contribution < 1.29 is 27.8 Å². The van der Waals surface area contributed by atoms with Crippen molar-refractivity contribution in [2.24, 2.45) is 0 Å².